The summed E-state index contributed by atoms with van der Waals surface area (Å²) in [5.74, 6) is 0.143. The zero-order chi connectivity index (χ0) is 13.3. The molecule has 3 N–H and O–H groups in total. The molecule has 1 aliphatic rings. The van der Waals surface area contributed by atoms with E-state index < -0.39 is 11.9 Å². The van der Waals surface area contributed by atoms with Crippen LogP contribution in [-0.4, -0.2) is 40.6 Å². The minimum absolute atomic E-state index is 0.0190. The second-order valence-electron chi connectivity index (χ2n) is 4.35. The van der Waals surface area contributed by atoms with Crippen LogP contribution in [0.2, 0.25) is 0 Å². The maximum Gasteiger partial charge on any atom is 0.351 e. The second-order valence-corrected chi connectivity index (χ2v) is 4.35. The monoisotopic (exact) mass is 255 g/mol. The minimum atomic E-state index is -0.595. The molecule has 0 amide bonds. The summed E-state index contributed by atoms with van der Waals surface area (Å²) in [6, 6.07) is 1.52. The summed E-state index contributed by atoms with van der Waals surface area (Å²) in [5, 5.41) is 9.22. The van der Waals surface area contributed by atoms with Gasteiger partial charge in [0.15, 0.2) is 6.23 Å². The Bertz CT molecular complexity index is 476. The van der Waals surface area contributed by atoms with Crippen molar-refractivity contribution in [3.8, 4) is 0 Å². The van der Waals surface area contributed by atoms with Crippen LogP contribution in [0.1, 0.15) is 13.2 Å². The Morgan fingerprint density at radius 3 is 2.94 bits per heavy atom. The number of ether oxygens (including phenoxy) is 2. The van der Waals surface area contributed by atoms with E-state index in [0.717, 1.165) is 0 Å². The molecule has 1 aromatic rings. The predicted octanol–water partition coefficient (Wildman–Crippen LogP) is -0.634. The van der Waals surface area contributed by atoms with Crippen molar-refractivity contribution < 1.29 is 14.6 Å². The molecule has 1 aromatic heterocycles. The summed E-state index contributed by atoms with van der Waals surface area (Å²) in [4.78, 5) is 15.4. The van der Waals surface area contributed by atoms with Crippen molar-refractivity contribution >= 4 is 5.82 Å². The number of nitrogens with two attached hydrogens (primary N) is 1. The van der Waals surface area contributed by atoms with Gasteiger partial charge in [-0.15, -0.1) is 0 Å². The van der Waals surface area contributed by atoms with Gasteiger partial charge in [0.2, 0.25) is 0 Å². The van der Waals surface area contributed by atoms with Crippen LogP contribution in [-0.2, 0) is 9.47 Å². The third-order valence-corrected chi connectivity index (χ3v) is 3.28. The molecule has 100 valence electrons. The first-order valence-electron chi connectivity index (χ1n) is 5.72. The van der Waals surface area contributed by atoms with Gasteiger partial charge in [0.25, 0.3) is 0 Å². The Morgan fingerprint density at radius 2 is 2.39 bits per heavy atom. The Hall–Kier alpha value is -1.44. The van der Waals surface area contributed by atoms with E-state index in [0.29, 0.717) is 0 Å². The number of aromatic nitrogens is 2. The maximum atomic E-state index is 11.8. The fourth-order valence-corrected chi connectivity index (χ4v) is 2.24. The van der Waals surface area contributed by atoms with Crippen LogP contribution >= 0.6 is 0 Å². The molecule has 4 atom stereocenters. The van der Waals surface area contributed by atoms with Crippen LogP contribution in [0.5, 0.6) is 0 Å². The van der Waals surface area contributed by atoms with E-state index in [1.54, 1.807) is 7.11 Å². The Labute approximate surface area is 104 Å². The van der Waals surface area contributed by atoms with Gasteiger partial charge < -0.3 is 20.3 Å². The number of rotatable bonds is 3. The highest BCUT2D eigenvalue weighted by Crippen LogP contribution is 2.34. The molecular formula is C11H17N3O4. The van der Waals surface area contributed by atoms with Crippen molar-refractivity contribution in [2.75, 3.05) is 19.5 Å². The highest BCUT2D eigenvalue weighted by molar-refractivity contribution is 5.23. The van der Waals surface area contributed by atoms with E-state index in [2.05, 4.69) is 4.98 Å². The highest BCUT2D eigenvalue weighted by Gasteiger charge is 2.43. The van der Waals surface area contributed by atoms with E-state index in [-0.39, 0.29) is 30.6 Å². The van der Waals surface area contributed by atoms with Crippen LogP contribution in [0.25, 0.3) is 0 Å². The molecule has 18 heavy (non-hydrogen) atoms. The lowest BCUT2D eigenvalue weighted by Gasteiger charge is -2.20. The first-order chi connectivity index (χ1) is 8.58. The summed E-state index contributed by atoms with van der Waals surface area (Å²) < 4.78 is 12.3. The average molecular weight is 255 g/mol. The van der Waals surface area contributed by atoms with E-state index in [4.69, 9.17) is 15.2 Å². The smallest absolute Gasteiger partial charge is 0.351 e. The van der Waals surface area contributed by atoms with Gasteiger partial charge in [-0.3, -0.25) is 4.57 Å². The van der Waals surface area contributed by atoms with Gasteiger partial charge in [0, 0.05) is 19.2 Å². The molecule has 0 saturated carbocycles. The number of nitrogen functional groups attached to an aromatic ring is 1. The molecule has 1 fully saturated rings. The van der Waals surface area contributed by atoms with E-state index in [1.807, 2.05) is 6.92 Å². The molecule has 0 aliphatic carbocycles. The normalized spacial score (nSPS) is 31.7. The fraction of sp³-hybridized carbons (Fsp3) is 0.636. The van der Waals surface area contributed by atoms with E-state index >= 15 is 0 Å². The van der Waals surface area contributed by atoms with Gasteiger partial charge in [-0.2, -0.15) is 4.98 Å². The standard InChI is InChI=1S/C11H17N3O4/c1-6-7(5-15)18-10(9(6)17-2)14-4-3-8(12)13-11(14)16/h3-4,6-7,9-10,15H,5H2,1-2H3,(H2,12,13,16)/t6-,7-,9-,10-/m1/s1. The molecular weight excluding hydrogens is 238 g/mol. The number of hydrogen-bond acceptors (Lipinski definition) is 6. The summed E-state index contributed by atoms with van der Waals surface area (Å²) in [5.41, 5.74) is 4.94. The Kier molecular flexibility index (Phi) is 3.65. The van der Waals surface area contributed by atoms with Gasteiger partial charge in [0.05, 0.1) is 12.7 Å². The molecule has 2 heterocycles. The van der Waals surface area contributed by atoms with Crippen molar-refractivity contribution in [2.45, 2.75) is 25.4 Å². The van der Waals surface area contributed by atoms with Gasteiger partial charge >= 0.3 is 5.69 Å². The number of hydrogen-bond donors (Lipinski definition) is 2. The topological polar surface area (TPSA) is 99.6 Å². The largest absolute Gasteiger partial charge is 0.394 e. The van der Waals surface area contributed by atoms with Gasteiger partial charge in [-0.25, -0.2) is 4.79 Å². The van der Waals surface area contributed by atoms with Gasteiger partial charge in [-0.05, 0) is 6.07 Å². The van der Waals surface area contributed by atoms with Crippen LogP contribution in [0.15, 0.2) is 17.1 Å². The number of anilines is 1. The average Bonchev–Trinajstić information content (AvgIpc) is 2.65. The fourth-order valence-electron chi connectivity index (χ4n) is 2.24. The lowest BCUT2D eigenvalue weighted by atomic mass is 10.0. The SMILES string of the molecule is CO[C@@H]1[C@H](C)[C@@H](CO)O[C@H]1n1ccc(N)nc1=O. The highest BCUT2D eigenvalue weighted by atomic mass is 16.6. The number of nitrogens with zero attached hydrogens (tertiary/aromatic N) is 2. The molecule has 1 saturated heterocycles. The molecule has 0 spiro atoms. The third kappa shape index (κ3) is 2.12. The Morgan fingerprint density at radius 1 is 1.67 bits per heavy atom. The van der Waals surface area contributed by atoms with Crippen molar-refractivity contribution in [2.24, 2.45) is 5.92 Å². The molecule has 7 nitrogen and oxygen atoms in total. The zero-order valence-electron chi connectivity index (χ0n) is 10.3. The predicted molar refractivity (Wildman–Crippen MR) is 63.9 cm³/mol. The quantitative estimate of drug-likeness (QED) is 0.745. The molecule has 2 rings (SSSR count). The van der Waals surface area contributed by atoms with Gasteiger partial charge in [-0.1, -0.05) is 6.92 Å². The van der Waals surface area contributed by atoms with Crippen LogP contribution in [0.3, 0.4) is 0 Å². The second kappa shape index (κ2) is 5.05. The number of aliphatic hydroxyl groups excluding tert-OH is 1. The van der Waals surface area contributed by atoms with Gasteiger partial charge in [0.1, 0.15) is 11.9 Å². The van der Waals surface area contributed by atoms with Crippen molar-refractivity contribution in [1.82, 2.24) is 9.55 Å². The molecule has 0 bridgehead atoms. The molecule has 1 aliphatic heterocycles. The van der Waals surface area contributed by atoms with E-state index in [1.165, 1.54) is 16.8 Å². The Balaban J connectivity index is 2.35. The number of methoxy groups -OCH3 is 1. The van der Waals surface area contributed by atoms with E-state index in [9.17, 15) is 9.90 Å². The molecule has 7 heteroatoms. The lowest BCUT2D eigenvalue weighted by molar-refractivity contribution is -0.0624. The van der Waals surface area contributed by atoms with Crippen LogP contribution < -0.4 is 11.4 Å². The molecule has 0 unspecified atom stereocenters. The summed E-state index contributed by atoms with van der Waals surface area (Å²) in [7, 11) is 1.55. The first kappa shape index (κ1) is 13.0. The van der Waals surface area contributed by atoms with Crippen molar-refractivity contribution in [1.29, 1.82) is 0 Å². The van der Waals surface area contributed by atoms with Crippen LogP contribution in [0, 0.1) is 5.92 Å². The summed E-state index contributed by atoms with van der Waals surface area (Å²) in [6.07, 6.45) is 0.255. The lowest BCUT2D eigenvalue weighted by Crippen LogP contribution is -2.34. The van der Waals surface area contributed by atoms with Crippen molar-refractivity contribution in [3.63, 3.8) is 0 Å². The zero-order valence-corrected chi connectivity index (χ0v) is 10.3. The maximum absolute atomic E-state index is 11.8. The summed E-state index contributed by atoms with van der Waals surface area (Å²) in [6.45, 7) is 1.79. The number of aliphatic hydroxyl groups is 1. The van der Waals surface area contributed by atoms with Crippen molar-refractivity contribution in [3.05, 3.63) is 22.7 Å². The molecule has 0 radical (unpaired) electrons. The first-order valence-corrected chi connectivity index (χ1v) is 5.72. The van der Waals surface area contributed by atoms with Crippen LogP contribution in [0.4, 0.5) is 5.82 Å². The third-order valence-electron chi connectivity index (χ3n) is 3.28. The minimum Gasteiger partial charge on any atom is -0.394 e. The molecule has 0 aromatic carbocycles. The summed E-state index contributed by atoms with van der Waals surface area (Å²) >= 11 is 0.